The van der Waals surface area contributed by atoms with Gasteiger partial charge in [-0.1, -0.05) is 12.1 Å². The van der Waals surface area contributed by atoms with Gasteiger partial charge in [-0.2, -0.15) is 0 Å². The first-order valence-electron chi connectivity index (χ1n) is 6.84. The van der Waals surface area contributed by atoms with Crippen LogP contribution in [0.4, 0.5) is 0 Å². The van der Waals surface area contributed by atoms with Crippen molar-refractivity contribution >= 4 is 23.7 Å². The van der Waals surface area contributed by atoms with Gasteiger partial charge in [-0.25, -0.2) is 0 Å². The summed E-state index contributed by atoms with van der Waals surface area (Å²) in [6, 6.07) is 5.36. The van der Waals surface area contributed by atoms with E-state index in [1.54, 1.807) is 12.1 Å². The summed E-state index contributed by atoms with van der Waals surface area (Å²) < 4.78 is 0. The van der Waals surface area contributed by atoms with E-state index in [4.69, 9.17) is 5.11 Å². The lowest BCUT2D eigenvalue weighted by Gasteiger charge is -2.14. The Kier molecular flexibility index (Phi) is 4.55. The van der Waals surface area contributed by atoms with Crippen molar-refractivity contribution < 1.29 is 24.3 Å². The number of rotatable bonds is 5. The number of carboxylic acid groups (broad SMARTS) is 1. The molecule has 0 unspecified atom stereocenters. The quantitative estimate of drug-likeness (QED) is 0.773. The second kappa shape index (κ2) is 6.38. The minimum Gasteiger partial charge on any atom is -0.480 e. The minimum absolute atomic E-state index is 0.186. The van der Waals surface area contributed by atoms with Gasteiger partial charge in [-0.05, 0) is 24.6 Å². The van der Waals surface area contributed by atoms with Crippen LogP contribution in [0.5, 0.6) is 0 Å². The molecule has 1 aromatic rings. The lowest BCUT2D eigenvalue weighted by atomic mass is 10.1. The van der Waals surface area contributed by atoms with Crippen molar-refractivity contribution in [3.63, 3.8) is 0 Å². The van der Waals surface area contributed by atoms with E-state index in [-0.39, 0.29) is 31.2 Å². The van der Waals surface area contributed by atoms with Crippen molar-refractivity contribution in [1.82, 2.24) is 10.2 Å². The molecule has 0 bridgehead atoms. The Morgan fingerprint density at radius 2 is 1.73 bits per heavy atom. The van der Waals surface area contributed by atoms with Crippen molar-refractivity contribution in [3.8, 4) is 0 Å². The fraction of sp³-hybridized carbons (Fsp3) is 0.333. The van der Waals surface area contributed by atoms with Gasteiger partial charge < -0.3 is 10.4 Å². The van der Waals surface area contributed by atoms with Gasteiger partial charge >= 0.3 is 5.97 Å². The summed E-state index contributed by atoms with van der Waals surface area (Å²) in [5.74, 6) is -1.99. The van der Waals surface area contributed by atoms with Gasteiger partial charge in [-0.3, -0.25) is 24.1 Å². The molecule has 0 aromatic heterocycles. The van der Waals surface area contributed by atoms with Gasteiger partial charge in [0.05, 0.1) is 6.54 Å². The molecular weight excluding hydrogens is 288 g/mol. The van der Waals surface area contributed by atoms with E-state index in [9.17, 15) is 19.2 Å². The Bertz CT molecular complexity index is 607. The lowest BCUT2D eigenvalue weighted by Crippen LogP contribution is -2.38. The molecule has 7 nitrogen and oxygen atoms in total. The lowest BCUT2D eigenvalue weighted by molar-refractivity contribution is -0.140. The summed E-state index contributed by atoms with van der Waals surface area (Å²) >= 11 is 0. The topological polar surface area (TPSA) is 104 Å². The Hall–Kier alpha value is -2.70. The molecule has 1 aliphatic heterocycles. The number of hydrogen-bond donors (Lipinski definition) is 2. The molecule has 0 spiro atoms. The third kappa shape index (κ3) is 3.49. The molecule has 1 atom stereocenters. The normalized spacial score (nSPS) is 15.8. The third-order valence-electron chi connectivity index (χ3n) is 3.43. The highest BCUT2D eigenvalue weighted by molar-refractivity contribution is 6.01. The molecule has 1 saturated heterocycles. The first-order chi connectivity index (χ1) is 10.4. The maximum absolute atomic E-state index is 11.8. The van der Waals surface area contributed by atoms with Gasteiger partial charge in [-0.15, -0.1) is 0 Å². The zero-order valence-electron chi connectivity index (χ0n) is 12.0. The van der Waals surface area contributed by atoms with Gasteiger partial charge in [0.1, 0.15) is 6.04 Å². The van der Waals surface area contributed by atoms with E-state index in [2.05, 4.69) is 5.32 Å². The zero-order valence-corrected chi connectivity index (χ0v) is 12.0. The van der Waals surface area contributed by atoms with Crippen molar-refractivity contribution in [3.05, 3.63) is 35.4 Å². The molecule has 7 heteroatoms. The smallest absolute Gasteiger partial charge is 0.325 e. The highest BCUT2D eigenvalue weighted by Gasteiger charge is 2.28. The standard InChI is InChI=1S/C15H16N2O5/c1-9(15(21)22)16-14(20)11-4-2-10(3-5-11)8-17-12(18)6-7-13(17)19/h2-5,9H,6-8H2,1H3,(H,16,20)(H,21,22)/t9-/m1/s1. The summed E-state index contributed by atoms with van der Waals surface area (Å²) in [6.07, 6.45) is 0.485. The van der Waals surface area contributed by atoms with E-state index in [1.807, 2.05) is 0 Å². The second-order valence-electron chi connectivity index (χ2n) is 5.10. The number of amides is 3. The first-order valence-corrected chi connectivity index (χ1v) is 6.84. The number of carboxylic acids is 1. The summed E-state index contributed by atoms with van der Waals surface area (Å²) in [6.45, 7) is 1.56. The van der Waals surface area contributed by atoms with E-state index < -0.39 is 17.9 Å². The van der Waals surface area contributed by atoms with Crippen molar-refractivity contribution in [2.45, 2.75) is 32.4 Å². The zero-order chi connectivity index (χ0) is 16.3. The van der Waals surface area contributed by atoms with Gasteiger partial charge in [0.2, 0.25) is 11.8 Å². The first kappa shape index (κ1) is 15.7. The Balaban J connectivity index is 2.01. The van der Waals surface area contributed by atoms with Gasteiger partial charge in [0, 0.05) is 18.4 Å². The molecule has 0 radical (unpaired) electrons. The third-order valence-corrected chi connectivity index (χ3v) is 3.43. The predicted octanol–water partition coefficient (Wildman–Crippen LogP) is 0.539. The molecule has 2 rings (SSSR count). The summed E-state index contributed by atoms with van der Waals surface area (Å²) in [5, 5.41) is 11.1. The number of nitrogens with one attached hydrogen (secondary N) is 1. The second-order valence-corrected chi connectivity index (χ2v) is 5.10. The SMILES string of the molecule is C[C@@H](NC(=O)c1ccc(CN2C(=O)CCC2=O)cc1)C(=O)O. The fourth-order valence-corrected chi connectivity index (χ4v) is 2.09. The van der Waals surface area contributed by atoms with Crippen LogP contribution in [0.3, 0.4) is 0 Å². The molecule has 116 valence electrons. The largest absolute Gasteiger partial charge is 0.480 e. The molecule has 1 fully saturated rings. The van der Waals surface area contributed by atoms with Crippen LogP contribution in [0.15, 0.2) is 24.3 Å². The summed E-state index contributed by atoms with van der Waals surface area (Å²) in [5.41, 5.74) is 1.04. The van der Waals surface area contributed by atoms with E-state index in [0.717, 1.165) is 5.56 Å². The van der Waals surface area contributed by atoms with Crippen molar-refractivity contribution in [2.75, 3.05) is 0 Å². The monoisotopic (exact) mass is 304 g/mol. The average molecular weight is 304 g/mol. The van der Waals surface area contributed by atoms with Gasteiger partial charge in [0.15, 0.2) is 0 Å². The van der Waals surface area contributed by atoms with E-state index in [1.165, 1.54) is 24.0 Å². The number of aliphatic carboxylic acids is 1. The maximum Gasteiger partial charge on any atom is 0.325 e. The highest BCUT2D eigenvalue weighted by atomic mass is 16.4. The number of hydrogen-bond acceptors (Lipinski definition) is 4. The van der Waals surface area contributed by atoms with Crippen LogP contribution in [0, 0.1) is 0 Å². The summed E-state index contributed by atoms with van der Waals surface area (Å²) in [7, 11) is 0. The number of carbonyl (C=O) groups excluding carboxylic acids is 3. The molecule has 22 heavy (non-hydrogen) atoms. The van der Waals surface area contributed by atoms with Crippen LogP contribution >= 0.6 is 0 Å². The van der Waals surface area contributed by atoms with E-state index in [0.29, 0.717) is 5.56 Å². The minimum atomic E-state index is -1.11. The fourth-order valence-electron chi connectivity index (χ4n) is 2.09. The Labute approximate surface area is 126 Å². The molecule has 2 N–H and O–H groups in total. The average Bonchev–Trinajstić information content (AvgIpc) is 2.79. The number of imide groups is 1. The number of likely N-dealkylation sites (tertiary alicyclic amines) is 1. The van der Waals surface area contributed by atoms with Crippen LogP contribution in [-0.2, 0) is 20.9 Å². The van der Waals surface area contributed by atoms with Crippen LogP contribution in [0.2, 0.25) is 0 Å². The van der Waals surface area contributed by atoms with Crippen molar-refractivity contribution in [1.29, 1.82) is 0 Å². The number of carbonyl (C=O) groups is 4. The summed E-state index contributed by atoms with van der Waals surface area (Å²) in [4.78, 5) is 46.8. The highest BCUT2D eigenvalue weighted by Crippen LogP contribution is 2.16. The molecule has 1 aromatic carbocycles. The molecular formula is C15H16N2O5. The molecule has 0 saturated carbocycles. The number of benzene rings is 1. The van der Waals surface area contributed by atoms with Crippen LogP contribution in [0.25, 0.3) is 0 Å². The number of nitrogens with zero attached hydrogens (tertiary/aromatic N) is 1. The van der Waals surface area contributed by atoms with E-state index >= 15 is 0 Å². The predicted molar refractivity (Wildman–Crippen MR) is 75.8 cm³/mol. The molecule has 3 amide bonds. The Morgan fingerprint density at radius 3 is 2.23 bits per heavy atom. The van der Waals surface area contributed by atoms with Crippen LogP contribution in [-0.4, -0.2) is 39.7 Å². The molecule has 1 heterocycles. The van der Waals surface area contributed by atoms with Crippen molar-refractivity contribution in [2.24, 2.45) is 0 Å². The van der Waals surface area contributed by atoms with Crippen LogP contribution in [0.1, 0.15) is 35.7 Å². The van der Waals surface area contributed by atoms with Gasteiger partial charge in [0.25, 0.3) is 5.91 Å². The van der Waals surface area contributed by atoms with Crippen LogP contribution < -0.4 is 5.32 Å². The molecule has 0 aliphatic carbocycles. The Morgan fingerprint density at radius 1 is 1.18 bits per heavy atom. The molecule has 1 aliphatic rings. The maximum atomic E-state index is 11.8.